The Morgan fingerprint density at radius 1 is 1.39 bits per heavy atom. The lowest BCUT2D eigenvalue weighted by molar-refractivity contribution is -0.384. The molecule has 5 nitrogen and oxygen atoms in total. The van der Waals surface area contributed by atoms with Crippen molar-refractivity contribution in [2.75, 3.05) is 0 Å². The lowest BCUT2D eigenvalue weighted by atomic mass is 10.2. The highest BCUT2D eigenvalue weighted by molar-refractivity contribution is 9.10. The van der Waals surface area contributed by atoms with Crippen molar-refractivity contribution in [3.05, 3.63) is 62.4 Å². The van der Waals surface area contributed by atoms with Gasteiger partial charge in [0.1, 0.15) is 0 Å². The summed E-state index contributed by atoms with van der Waals surface area (Å²) in [5, 5.41) is 10.6. The normalized spacial score (nSPS) is 10.6. The number of non-ortho nitro benzene ring substituents is 1. The third kappa shape index (κ3) is 2.77. The van der Waals surface area contributed by atoms with E-state index in [2.05, 4.69) is 15.9 Å². The van der Waals surface area contributed by atoms with Gasteiger partial charge in [-0.15, -0.1) is 0 Å². The van der Waals surface area contributed by atoms with Gasteiger partial charge in [-0.1, -0.05) is 15.9 Å². The molecule has 6 heteroatoms. The van der Waals surface area contributed by atoms with Gasteiger partial charge in [-0.3, -0.25) is 10.1 Å². The molecule has 18 heavy (non-hydrogen) atoms. The van der Waals surface area contributed by atoms with Crippen LogP contribution < -0.4 is 5.73 Å². The van der Waals surface area contributed by atoms with Crippen molar-refractivity contribution in [3.63, 3.8) is 0 Å². The maximum atomic E-state index is 10.6. The first kappa shape index (κ1) is 12.8. The second-order valence-electron chi connectivity index (χ2n) is 3.93. The van der Waals surface area contributed by atoms with Crippen molar-refractivity contribution in [1.82, 2.24) is 4.57 Å². The molecule has 2 aromatic rings. The number of aromatic nitrogens is 1. The fourth-order valence-corrected chi connectivity index (χ4v) is 2.18. The molecule has 1 aromatic carbocycles. The molecule has 0 saturated heterocycles. The SMILES string of the molecule is NCc1ccn(Cc2ccc([N+](=O)[O-])cc2Br)c1. The fourth-order valence-electron chi connectivity index (χ4n) is 1.68. The molecule has 0 aliphatic heterocycles. The lowest BCUT2D eigenvalue weighted by Crippen LogP contribution is -1.99. The highest BCUT2D eigenvalue weighted by Crippen LogP contribution is 2.23. The Hall–Kier alpha value is -1.66. The quantitative estimate of drug-likeness (QED) is 0.697. The largest absolute Gasteiger partial charge is 0.350 e. The van der Waals surface area contributed by atoms with E-state index >= 15 is 0 Å². The zero-order valence-electron chi connectivity index (χ0n) is 9.54. The van der Waals surface area contributed by atoms with E-state index in [0.717, 1.165) is 15.6 Å². The van der Waals surface area contributed by atoms with E-state index in [4.69, 9.17) is 5.73 Å². The third-order valence-electron chi connectivity index (χ3n) is 2.65. The van der Waals surface area contributed by atoms with Crippen molar-refractivity contribution >= 4 is 21.6 Å². The van der Waals surface area contributed by atoms with Gasteiger partial charge in [0.25, 0.3) is 5.69 Å². The van der Waals surface area contributed by atoms with Crippen molar-refractivity contribution < 1.29 is 4.92 Å². The number of hydrogen-bond donors (Lipinski definition) is 1. The van der Waals surface area contributed by atoms with Gasteiger partial charge in [0.2, 0.25) is 0 Å². The molecule has 0 bridgehead atoms. The summed E-state index contributed by atoms with van der Waals surface area (Å²) >= 11 is 3.35. The van der Waals surface area contributed by atoms with E-state index in [-0.39, 0.29) is 5.69 Å². The molecule has 0 aliphatic rings. The van der Waals surface area contributed by atoms with E-state index in [9.17, 15) is 10.1 Å². The van der Waals surface area contributed by atoms with Crippen LogP contribution in [-0.2, 0) is 13.1 Å². The van der Waals surface area contributed by atoms with Crippen molar-refractivity contribution in [2.24, 2.45) is 5.73 Å². The molecule has 0 atom stereocenters. The van der Waals surface area contributed by atoms with Crippen LogP contribution in [-0.4, -0.2) is 9.49 Å². The first-order chi connectivity index (χ1) is 8.60. The number of nitro benzene ring substituents is 1. The highest BCUT2D eigenvalue weighted by atomic mass is 79.9. The predicted octanol–water partition coefficient (Wildman–Crippen LogP) is 2.67. The second-order valence-corrected chi connectivity index (χ2v) is 4.78. The molecule has 0 aliphatic carbocycles. The maximum Gasteiger partial charge on any atom is 0.270 e. The molecule has 0 radical (unpaired) electrons. The minimum absolute atomic E-state index is 0.0841. The zero-order chi connectivity index (χ0) is 13.1. The molecule has 0 unspecified atom stereocenters. The topological polar surface area (TPSA) is 74.1 Å². The monoisotopic (exact) mass is 309 g/mol. The van der Waals surface area contributed by atoms with E-state index < -0.39 is 4.92 Å². The van der Waals surface area contributed by atoms with Gasteiger partial charge in [0, 0.05) is 42.1 Å². The molecule has 94 valence electrons. The van der Waals surface area contributed by atoms with Gasteiger partial charge in [-0.05, 0) is 23.3 Å². The first-order valence-electron chi connectivity index (χ1n) is 5.37. The Balaban J connectivity index is 2.21. The van der Waals surface area contributed by atoms with Crippen LogP contribution in [0.1, 0.15) is 11.1 Å². The summed E-state index contributed by atoms with van der Waals surface area (Å²) in [5.74, 6) is 0. The molecular weight excluding hydrogens is 298 g/mol. The molecule has 1 heterocycles. The van der Waals surface area contributed by atoms with Crippen LogP contribution in [0.15, 0.2) is 41.1 Å². The summed E-state index contributed by atoms with van der Waals surface area (Å²) in [5.41, 5.74) is 7.67. The van der Waals surface area contributed by atoms with Crippen LogP contribution >= 0.6 is 15.9 Å². The number of hydrogen-bond acceptors (Lipinski definition) is 3. The van der Waals surface area contributed by atoms with Crippen LogP contribution in [0.4, 0.5) is 5.69 Å². The van der Waals surface area contributed by atoms with Crippen LogP contribution in [0.25, 0.3) is 0 Å². The van der Waals surface area contributed by atoms with Gasteiger partial charge in [0.15, 0.2) is 0 Å². The van der Waals surface area contributed by atoms with Crippen molar-refractivity contribution in [2.45, 2.75) is 13.1 Å². The molecule has 0 amide bonds. The number of nitro groups is 1. The Kier molecular flexibility index (Phi) is 3.78. The first-order valence-corrected chi connectivity index (χ1v) is 6.17. The molecule has 0 spiro atoms. The zero-order valence-corrected chi connectivity index (χ0v) is 11.1. The van der Waals surface area contributed by atoms with Crippen molar-refractivity contribution in [3.8, 4) is 0 Å². The second kappa shape index (κ2) is 5.32. The Labute approximate surface area is 112 Å². The highest BCUT2D eigenvalue weighted by Gasteiger charge is 2.09. The number of nitrogens with zero attached hydrogens (tertiary/aromatic N) is 2. The molecular formula is C12H12BrN3O2. The van der Waals surface area contributed by atoms with E-state index in [1.165, 1.54) is 12.1 Å². The average molecular weight is 310 g/mol. The average Bonchev–Trinajstić information content (AvgIpc) is 2.79. The summed E-state index contributed by atoms with van der Waals surface area (Å²) < 4.78 is 2.73. The Bertz CT molecular complexity index is 580. The predicted molar refractivity (Wildman–Crippen MR) is 72.2 cm³/mol. The van der Waals surface area contributed by atoms with Gasteiger partial charge >= 0.3 is 0 Å². The minimum atomic E-state index is -0.406. The molecule has 0 fully saturated rings. The number of benzene rings is 1. The standard InChI is InChI=1S/C12H12BrN3O2/c13-12-5-11(16(17)18)2-1-10(12)8-15-4-3-9(6-14)7-15/h1-5,7H,6,8,14H2. The van der Waals surface area contributed by atoms with Crippen LogP contribution in [0.2, 0.25) is 0 Å². The van der Waals surface area contributed by atoms with E-state index in [0.29, 0.717) is 13.1 Å². The fraction of sp³-hybridized carbons (Fsp3) is 0.167. The van der Waals surface area contributed by atoms with Gasteiger partial charge in [-0.25, -0.2) is 0 Å². The summed E-state index contributed by atoms with van der Waals surface area (Å²) in [4.78, 5) is 10.2. The summed E-state index contributed by atoms with van der Waals surface area (Å²) in [6.45, 7) is 1.16. The van der Waals surface area contributed by atoms with E-state index in [1.807, 2.05) is 23.0 Å². The maximum absolute atomic E-state index is 10.6. The number of rotatable bonds is 4. The number of nitrogens with two attached hydrogens (primary N) is 1. The van der Waals surface area contributed by atoms with E-state index in [1.54, 1.807) is 6.07 Å². The van der Waals surface area contributed by atoms with Gasteiger partial charge < -0.3 is 10.3 Å². The summed E-state index contributed by atoms with van der Waals surface area (Å²) in [7, 11) is 0. The van der Waals surface area contributed by atoms with Crippen LogP contribution in [0, 0.1) is 10.1 Å². The summed E-state index contributed by atoms with van der Waals surface area (Å²) in [6, 6.07) is 6.74. The molecule has 1 aromatic heterocycles. The molecule has 0 saturated carbocycles. The van der Waals surface area contributed by atoms with Crippen LogP contribution in [0.3, 0.4) is 0 Å². The smallest absolute Gasteiger partial charge is 0.270 e. The minimum Gasteiger partial charge on any atom is -0.350 e. The van der Waals surface area contributed by atoms with Crippen LogP contribution in [0.5, 0.6) is 0 Å². The molecule has 2 rings (SSSR count). The Morgan fingerprint density at radius 2 is 2.17 bits per heavy atom. The Morgan fingerprint density at radius 3 is 2.72 bits per heavy atom. The number of halogens is 1. The van der Waals surface area contributed by atoms with Crippen molar-refractivity contribution in [1.29, 1.82) is 0 Å². The molecule has 2 N–H and O–H groups in total. The van der Waals surface area contributed by atoms with Gasteiger partial charge in [-0.2, -0.15) is 0 Å². The summed E-state index contributed by atoms with van der Waals surface area (Å²) in [6.07, 6.45) is 3.91. The third-order valence-corrected chi connectivity index (χ3v) is 3.39. The lowest BCUT2D eigenvalue weighted by Gasteiger charge is -2.05. The van der Waals surface area contributed by atoms with Gasteiger partial charge in [0.05, 0.1) is 4.92 Å².